The number of hydrogen-bond donors (Lipinski definition) is 3. The van der Waals surface area contributed by atoms with Crippen molar-refractivity contribution in [3.63, 3.8) is 0 Å². The maximum absolute atomic E-state index is 8.89. The summed E-state index contributed by atoms with van der Waals surface area (Å²) in [6.45, 7) is 1.72. The lowest BCUT2D eigenvalue weighted by atomic mass is 10.2. The molecule has 1 rings (SSSR count). The van der Waals surface area contributed by atoms with Gasteiger partial charge in [-0.05, 0) is 24.6 Å². The standard InChI is InChI=1S/C10H14ClNO2/c1-7-2-3-8(11)4-10(7)12-9(5-13)6-14/h2-4,9,12-14H,5-6H2,1H3. The Morgan fingerprint density at radius 1 is 1.36 bits per heavy atom. The average molecular weight is 216 g/mol. The molecular formula is C10H14ClNO2. The Balaban J connectivity index is 2.79. The molecular weight excluding hydrogens is 202 g/mol. The highest BCUT2D eigenvalue weighted by Gasteiger charge is 2.07. The van der Waals surface area contributed by atoms with Gasteiger partial charge in [-0.15, -0.1) is 0 Å². The molecule has 4 heteroatoms. The molecule has 0 unspecified atom stereocenters. The van der Waals surface area contributed by atoms with Crippen molar-refractivity contribution in [1.82, 2.24) is 0 Å². The first-order chi connectivity index (χ1) is 6.67. The van der Waals surface area contributed by atoms with Gasteiger partial charge in [-0.2, -0.15) is 0 Å². The molecule has 0 bridgehead atoms. The minimum absolute atomic E-state index is 0.109. The van der Waals surface area contributed by atoms with Crippen molar-refractivity contribution in [2.45, 2.75) is 13.0 Å². The molecule has 0 radical (unpaired) electrons. The number of aliphatic hydroxyl groups is 2. The van der Waals surface area contributed by atoms with Crippen LogP contribution in [0.3, 0.4) is 0 Å². The van der Waals surface area contributed by atoms with Gasteiger partial charge in [0.05, 0.1) is 19.3 Å². The lowest BCUT2D eigenvalue weighted by Crippen LogP contribution is -2.27. The molecule has 78 valence electrons. The zero-order valence-corrected chi connectivity index (χ0v) is 8.75. The van der Waals surface area contributed by atoms with Crippen molar-refractivity contribution in [2.24, 2.45) is 0 Å². The van der Waals surface area contributed by atoms with Gasteiger partial charge in [0.2, 0.25) is 0 Å². The van der Waals surface area contributed by atoms with E-state index in [2.05, 4.69) is 5.32 Å². The van der Waals surface area contributed by atoms with Gasteiger partial charge in [0.1, 0.15) is 0 Å². The molecule has 0 heterocycles. The van der Waals surface area contributed by atoms with Gasteiger partial charge in [0.15, 0.2) is 0 Å². The van der Waals surface area contributed by atoms with E-state index in [0.29, 0.717) is 5.02 Å². The smallest absolute Gasteiger partial charge is 0.0723 e. The number of hydrogen-bond acceptors (Lipinski definition) is 3. The topological polar surface area (TPSA) is 52.5 Å². The average Bonchev–Trinajstić information content (AvgIpc) is 2.19. The number of rotatable bonds is 4. The van der Waals surface area contributed by atoms with Crippen molar-refractivity contribution in [1.29, 1.82) is 0 Å². The first kappa shape index (κ1) is 11.3. The number of aryl methyl sites for hydroxylation is 1. The minimum atomic E-state index is -0.341. The lowest BCUT2D eigenvalue weighted by molar-refractivity contribution is 0.204. The fourth-order valence-corrected chi connectivity index (χ4v) is 1.29. The van der Waals surface area contributed by atoms with Crippen LogP contribution in [0.15, 0.2) is 18.2 Å². The van der Waals surface area contributed by atoms with Crippen LogP contribution in [0.5, 0.6) is 0 Å². The molecule has 1 aromatic rings. The molecule has 0 aliphatic carbocycles. The molecule has 0 amide bonds. The van der Waals surface area contributed by atoms with E-state index in [4.69, 9.17) is 21.8 Å². The Kier molecular flexibility index (Phi) is 4.20. The highest BCUT2D eigenvalue weighted by molar-refractivity contribution is 6.30. The van der Waals surface area contributed by atoms with Crippen LogP contribution in [0.1, 0.15) is 5.56 Å². The van der Waals surface area contributed by atoms with Gasteiger partial charge < -0.3 is 15.5 Å². The van der Waals surface area contributed by atoms with E-state index in [-0.39, 0.29) is 19.3 Å². The third-order valence-corrected chi connectivity index (χ3v) is 2.24. The molecule has 0 fully saturated rings. The highest BCUT2D eigenvalue weighted by atomic mass is 35.5. The van der Waals surface area contributed by atoms with Crippen LogP contribution >= 0.6 is 11.6 Å². The van der Waals surface area contributed by atoms with Crippen LogP contribution in [0, 0.1) is 6.92 Å². The second-order valence-electron chi connectivity index (χ2n) is 3.17. The van der Waals surface area contributed by atoms with Gasteiger partial charge in [0.25, 0.3) is 0 Å². The Bertz CT molecular complexity index is 300. The van der Waals surface area contributed by atoms with Crippen LogP contribution in [-0.4, -0.2) is 29.5 Å². The van der Waals surface area contributed by atoms with Crippen molar-refractivity contribution < 1.29 is 10.2 Å². The quantitative estimate of drug-likeness (QED) is 0.712. The molecule has 0 spiro atoms. The van der Waals surface area contributed by atoms with Gasteiger partial charge >= 0.3 is 0 Å². The van der Waals surface area contributed by atoms with E-state index in [0.717, 1.165) is 11.3 Å². The summed E-state index contributed by atoms with van der Waals surface area (Å²) < 4.78 is 0. The first-order valence-corrected chi connectivity index (χ1v) is 4.79. The van der Waals surface area contributed by atoms with Crippen LogP contribution in [0.25, 0.3) is 0 Å². The number of aliphatic hydroxyl groups excluding tert-OH is 2. The third-order valence-electron chi connectivity index (χ3n) is 2.00. The summed E-state index contributed by atoms with van der Waals surface area (Å²) in [6.07, 6.45) is 0. The van der Waals surface area contributed by atoms with Crippen molar-refractivity contribution >= 4 is 17.3 Å². The molecule has 0 saturated heterocycles. The molecule has 0 saturated carbocycles. The van der Waals surface area contributed by atoms with E-state index in [1.165, 1.54) is 0 Å². The fraction of sp³-hybridized carbons (Fsp3) is 0.400. The van der Waals surface area contributed by atoms with Crippen molar-refractivity contribution in [3.05, 3.63) is 28.8 Å². The summed E-state index contributed by atoms with van der Waals surface area (Å²) in [7, 11) is 0. The molecule has 3 N–H and O–H groups in total. The van der Waals surface area contributed by atoms with E-state index >= 15 is 0 Å². The Morgan fingerprint density at radius 3 is 2.57 bits per heavy atom. The highest BCUT2D eigenvalue weighted by Crippen LogP contribution is 2.20. The Labute approximate surface area is 88.3 Å². The summed E-state index contributed by atoms with van der Waals surface area (Å²) >= 11 is 5.82. The normalized spacial score (nSPS) is 10.6. The number of anilines is 1. The summed E-state index contributed by atoms with van der Waals surface area (Å²) in [5.41, 5.74) is 1.87. The fourth-order valence-electron chi connectivity index (χ4n) is 1.12. The molecule has 14 heavy (non-hydrogen) atoms. The largest absolute Gasteiger partial charge is 0.394 e. The van der Waals surface area contributed by atoms with E-state index in [1.54, 1.807) is 12.1 Å². The van der Waals surface area contributed by atoms with E-state index in [1.807, 2.05) is 13.0 Å². The maximum Gasteiger partial charge on any atom is 0.0723 e. The third kappa shape index (κ3) is 2.87. The van der Waals surface area contributed by atoms with Crippen LogP contribution in [0.2, 0.25) is 5.02 Å². The second-order valence-corrected chi connectivity index (χ2v) is 3.60. The van der Waals surface area contributed by atoms with Crippen molar-refractivity contribution in [2.75, 3.05) is 18.5 Å². The predicted molar refractivity (Wildman–Crippen MR) is 57.8 cm³/mol. The molecule has 0 aliphatic heterocycles. The SMILES string of the molecule is Cc1ccc(Cl)cc1NC(CO)CO. The molecule has 0 aliphatic rings. The zero-order chi connectivity index (χ0) is 10.6. The summed E-state index contributed by atoms with van der Waals surface area (Å²) in [6, 6.07) is 5.12. The van der Waals surface area contributed by atoms with Gasteiger partial charge in [-0.25, -0.2) is 0 Å². The summed E-state index contributed by atoms with van der Waals surface area (Å²) in [5.74, 6) is 0. The Hall–Kier alpha value is -0.770. The Morgan fingerprint density at radius 2 is 2.00 bits per heavy atom. The first-order valence-electron chi connectivity index (χ1n) is 4.41. The maximum atomic E-state index is 8.89. The molecule has 0 aromatic heterocycles. The van der Waals surface area contributed by atoms with Crippen molar-refractivity contribution in [3.8, 4) is 0 Å². The van der Waals surface area contributed by atoms with Gasteiger partial charge in [0, 0.05) is 10.7 Å². The predicted octanol–water partition coefficient (Wildman–Crippen LogP) is 1.41. The zero-order valence-electron chi connectivity index (χ0n) is 8.00. The van der Waals surface area contributed by atoms with Gasteiger partial charge in [-0.3, -0.25) is 0 Å². The van der Waals surface area contributed by atoms with Crippen LogP contribution in [0.4, 0.5) is 5.69 Å². The molecule has 3 nitrogen and oxygen atoms in total. The summed E-state index contributed by atoms with van der Waals surface area (Å²) in [5, 5.41) is 21.4. The van der Waals surface area contributed by atoms with Crippen LogP contribution < -0.4 is 5.32 Å². The molecule has 0 atom stereocenters. The molecule has 1 aromatic carbocycles. The van der Waals surface area contributed by atoms with E-state index in [9.17, 15) is 0 Å². The minimum Gasteiger partial charge on any atom is -0.394 e. The van der Waals surface area contributed by atoms with E-state index < -0.39 is 0 Å². The number of nitrogens with one attached hydrogen (secondary N) is 1. The number of benzene rings is 1. The summed E-state index contributed by atoms with van der Waals surface area (Å²) in [4.78, 5) is 0. The van der Waals surface area contributed by atoms with Crippen LogP contribution in [-0.2, 0) is 0 Å². The lowest BCUT2D eigenvalue weighted by Gasteiger charge is -2.16. The second kappa shape index (κ2) is 5.20. The monoisotopic (exact) mass is 215 g/mol. The van der Waals surface area contributed by atoms with Gasteiger partial charge in [-0.1, -0.05) is 17.7 Å². The number of halogens is 1.